The summed E-state index contributed by atoms with van der Waals surface area (Å²) >= 11 is 0. The number of pyridine rings is 1. The summed E-state index contributed by atoms with van der Waals surface area (Å²) in [6, 6.07) is 1.75. The van der Waals surface area contributed by atoms with Gasteiger partial charge in [0.1, 0.15) is 5.82 Å². The summed E-state index contributed by atoms with van der Waals surface area (Å²) in [5.74, 6) is 0.108. The summed E-state index contributed by atoms with van der Waals surface area (Å²) in [6.45, 7) is 11.3. The molecule has 1 aromatic rings. The first kappa shape index (κ1) is 17.2. The summed E-state index contributed by atoms with van der Waals surface area (Å²) in [4.78, 5) is 18.3. The number of rotatable bonds is 8. The molecule has 1 heterocycles. The summed E-state index contributed by atoms with van der Waals surface area (Å²) in [5, 5.41) is 3.26. The van der Waals surface area contributed by atoms with Crippen molar-refractivity contribution >= 4 is 17.5 Å². The minimum absolute atomic E-state index is 0.178. The van der Waals surface area contributed by atoms with Gasteiger partial charge in [-0.1, -0.05) is 13.8 Å². The molecule has 0 aliphatic rings. The topological polar surface area (TPSA) is 80.5 Å². The van der Waals surface area contributed by atoms with Crippen LogP contribution in [0.5, 0.6) is 0 Å². The Bertz CT molecular complexity index is 461. The molecule has 0 amide bonds. The van der Waals surface area contributed by atoms with Gasteiger partial charge >= 0.3 is 5.97 Å². The monoisotopic (exact) mass is 294 g/mol. The molecule has 0 fully saturated rings. The van der Waals surface area contributed by atoms with E-state index in [1.165, 1.54) is 0 Å². The highest BCUT2D eigenvalue weighted by atomic mass is 16.5. The van der Waals surface area contributed by atoms with Gasteiger partial charge < -0.3 is 20.7 Å². The molecule has 21 heavy (non-hydrogen) atoms. The summed E-state index contributed by atoms with van der Waals surface area (Å²) in [7, 11) is 0. The fraction of sp³-hybridized carbons (Fsp3) is 0.600. The van der Waals surface area contributed by atoms with Crippen LogP contribution in [0.15, 0.2) is 12.3 Å². The van der Waals surface area contributed by atoms with Gasteiger partial charge in [-0.3, -0.25) is 0 Å². The summed E-state index contributed by atoms with van der Waals surface area (Å²) < 4.78 is 4.99. The standard InChI is InChI=1S/C15H26N4O2/c1-5-19(6-2)10-11(4)18-14-13(16)12(8-9-17-14)15(20)21-7-3/h8-9,11H,5-7,10,16H2,1-4H3,(H,17,18). The Kier molecular flexibility index (Phi) is 6.94. The maximum atomic E-state index is 11.8. The quantitative estimate of drug-likeness (QED) is 0.714. The van der Waals surface area contributed by atoms with Gasteiger partial charge in [-0.05, 0) is 33.0 Å². The molecule has 1 aromatic heterocycles. The lowest BCUT2D eigenvalue weighted by Crippen LogP contribution is -2.35. The number of likely N-dealkylation sites (N-methyl/N-ethyl adjacent to an activating group) is 1. The molecule has 1 atom stereocenters. The summed E-state index contributed by atoms with van der Waals surface area (Å²) in [6.07, 6.45) is 1.56. The smallest absolute Gasteiger partial charge is 0.340 e. The number of nitrogens with zero attached hydrogens (tertiary/aromatic N) is 2. The number of esters is 1. The number of anilines is 2. The Morgan fingerprint density at radius 2 is 2.10 bits per heavy atom. The first-order chi connectivity index (χ1) is 10.0. The Balaban J connectivity index is 2.80. The van der Waals surface area contributed by atoms with Gasteiger partial charge in [-0.2, -0.15) is 0 Å². The van der Waals surface area contributed by atoms with Crippen LogP contribution < -0.4 is 11.1 Å². The average Bonchev–Trinajstić information content (AvgIpc) is 2.47. The molecule has 1 rings (SSSR count). The Labute approximate surface area is 126 Å². The zero-order valence-corrected chi connectivity index (χ0v) is 13.3. The molecular formula is C15H26N4O2. The van der Waals surface area contributed by atoms with Crippen molar-refractivity contribution in [3.05, 3.63) is 17.8 Å². The average molecular weight is 294 g/mol. The van der Waals surface area contributed by atoms with Crippen molar-refractivity contribution in [1.82, 2.24) is 9.88 Å². The van der Waals surface area contributed by atoms with E-state index in [2.05, 4.69) is 36.0 Å². The van der Waals surface area contributed by atoms with Gasteiger partial charge in [-0.15, -0.1) is 0 Å². The van der Waals surface area contributed by atoms with Crippen molar-refractivity contribution in [1.29, 1.82) is 0 Å². The van der Waals surface area contributed by atoms with Crippen LogP contribution in [0.2, 0.25) is 0 Å². The van der Waals surface area contributed by atoms with Crippen LogP contribution in [0.3, 0.4) is 0 Å². The van der Waals surface area contributed by atoms with E-state index in [0.29, 0.717) is 23.7 Å². The van der Waals surface area contributed by atoms with E-state index in [0.717, 1.165) is 19.6 Å². The molecule has 6 heteroatoms. The number of hydrogen-bond acceptors (Lipinski definition) is 6. The zero-order valence-electron chi connectivity index (χ0n) is 13.3. The van der Waals surface area contributed by atoms with E-state index in [1.807, 2.05) is 0 Å². The molecule has 0 spiro atoms. The van der Waals surface area contributed by atoms with Gasteiger partial charge in [-0.25, -0.2) is 9.78 Å². The van der Waals surface area contributed by atoms with Crippen LogP contribution in [-0.4, -0.2) is 48.1 Å². The molecule has 1 unspecified atom stereocenters. The fourth-order valence-electron chi connectivity index (χ4n) is 2.12. The second-order valence-electron chi connectivity index (χ2n) is 4.87. The Morgan fingerprint density at radius 3 is 2.67 bits per heavy atom. The highest BCUT2D eigenvalue weighted by Gasteiger charge is 2.16. The lowest BCUT2D eigenvalue weighted by Gasteiger charge is -2.24. The molecule has 0 aromatic carbocycles. The van der Waals surface area contributed by atoms with E-state index >= 15 is 0 Å². The van der Waals surface area contributed by atoms with Crippen LogP contribution in [-0.2, 0) is 4.74 Å². The number of nitrogens with two attached hydrogens (primary N) is 1. The molecule has 0 radical (unpaired) electrons. The maximum absolute atomic E-state index is 11.8. The second kappa shape index (κ2) is 8.46. The Hall–Kier alpha value is -1.82. The number of carbonyl (C=O) groups is 1. The zero-order chi connectivity index (χ0) is 15.8. The number of nitrogen functional groups attached to an aromatic ring is 1. The van der Waals surface area contributed by atoms with Crippen molar-refractivity contribution < 1.29 is 9.53 Å². The molecule has 6 nitrogen and oxygen atoms in total. The van der Waals surface area contributed by atoms with E-state index in [9.17, 15) is 4.79 Å². The molecule has 3 N–H and O–H groups in total. The lowest BCUT2D eigenvalue weighted by molar-refractivity contribution is 0.0527. The SMILES string of the molecule is CCOC(=O)c1ccnc(NC(C)CN(CC)CC)c1N. The lowest BCUT2D eigenvalue weighted by atomic mass is 10.2. The number of aromatic nitrogens is 1. The molecular weight excluding hydrogens is 268 g/mol. The van der Waals surface area contributed by atoms with E-state index in [4.69, 9.17) is 10.5 Å². The van der Waals surface area contributed by atoms with E-state index < -0.39 is 5.97 Å². The van der Waals surface area contributed by atoms with Crippen molar-refractivity contribution in [2.75, 3.05) is 37.3 Å². The molecule has 0 saturated heterocycles. The van der Waals surface area contributed by atoms with Gasteiger partial charge in [0.15, 0.2) is 0 Å². The summed E-state index contributed by atoms with van der Waals surface area (Å²) in [5.41, 5.74) is 6.71. The molecule has 118 valence electrons. The van der Waals surface area contributed by atoms with Gasteiger partial charge in [0, 0.05) is 18.8 Å². The van der Waals surface area contributed by atoms with Crippen molar-refractivity contribution in [3.63, 3.8) is 0 Å². The predicted octanol–water partition coefficient (Wildman–Crippen LogP) is 1.98. The Morgan fingerprint density at radius 1 is 1.43 bits per heavy atom. The van der Waals surface area contributed by atoms with Crippen molar-refractivity contribution in [3.8, 4) is 0 Å². The molecule has 0 saturated carbocycles. The third kappa shape index (κ3) is 4.90. The molecule has 0 aliphatic heterocycles. The van der Waals surface area contributed by atoms with Gasteiger partial charge in [0.25, 0.3) is 0 Å². The second-order valence-corrected chi connectivity index (χ2v) is 4.87. The van der Waals surface area contributed by atoms with Crippen LogP contribution in [0.25, 0.3) is 0 Å². The van der Waals surface area contributed by atoms with E-state index in [-0.39, 0.29) is 6.04 Å². The van der Waals surface area contributed by atoms with Crippen molar-refractivity contribution in [2.45, 2.75) is 33.7 Å². The van der Waals surface area contributed by atoms with Crippen LogP contribution in [0, 0.1) is 0 Å². The third-order valence-corrected chi connectivity index (χ3v) is 3.30. The predicted molar refractivity (Wildman–Crippen MR) is 85.5 cm³/mol. The highest BCUT2D eigenvalue weighted by molar-refractivity contribution is 5.97. The first-order valence-electron chi connectivity index (χ1n) is 7.43. The van der Waals surface area contributed by atoms with Gasteiger partial charge in [0.05, 0.1) is 17.9 Å². The molecule has 0 bridgehead atoms. The van der Waals surface area contributed by atoms with Crippen molar-refractivity contribution in [2.24, 2.45) is 0 Å². The normalized spacial score (nSPS) is 12.2. The van der Waals surface area contributed by atoms with Gasteiger partial charge in [0.2, 0.25) is 0 Å². The molecule has 0 aliphatic carbocycles. The third-order valence-electron chi connectivity index (χ3n) is 3.30. The number of hydrogen-bond donors (Lipinski definition) is 2. The number of carbonyl (C=O) groups excluding carboxylic acids is 1. The highest BCUT2D eigenvalue weighted by Crippen LogP contribution is 2.21. The number of nitrogens with one attached hydrogen (secondary N) is 1. The largest absolute Gasteiger partial charge is 0.462 e. The minimum atomic E-state index is -0.420. The van der Waals surface area contributed by atoms with Crippen LogP contribution >= 0.6 is 0 Å². The maximum Gasteiger partial charge on any atom is 0.340 e. The number of ether oxygens (including phenoxy) is 1. The first-order valence-corrected chi connectivity index (χ1v) is 7.43. The fourth-order valence-corrected chi connectivity index (χ4v) is 2.12. The van der Waals surface area contributed by atoms with Crippen LogP contribution in [0.4, 0.5) is 11.5 Å². The van der Waals surface area contributed by atoms with Crippen LogP contribution in [0.1, 0.15) is 38.1 Å². The van der Waals surface area contributed by atoms with E-state index in [1.54, 1.807) is 19.2 Å². The minimum Gasteiger partial charge on any atom is -0.462 e.